The van der Waals surface area contributed by atoms with E-state index in [1.807, 2.05) is 30.3 Å². The quantitative estimate of drug-likeness (QED) is 0.918. The number of carbonyl (C=O) groups excluding carboxylic acids is 1. The van der Waals surface area contributed by atoms with E-state index in [4.69, 9.17) is 4.74 Å². The molecule has 1 aromatic carbocycles. The molecule has 0 unspecified atom stereocenters. The van der Waals surface area contributed by atoms with Gasteiger partial charge in [0.15, 0.2) is 5.69 Å². The first-order valence-corrected chi connectivity index (χ1v) is 7.98. The standard InChI is InChI=1S/C14H13BrN2O2S/c15-12-8-20-17-13(12)14(18)16-9-6-11(7-9)19-10-4-2-1-3-5-10/h1-5,8-9,11H,6-7H2,(H,16,18). The minimum atomic E-state index is -0.124. The van der Waals surface area contributed by atoms with Gasteiger partial charge in [0.1, 0.15) is 11.9 Å². The number of para-hydroxylation sites is 1. The maximum atomic E-state index is 12.0. The van der Waals surface area contributed by atoms with Crippen LogP contribution in [0.4, 0.5) is 0 Å². The van der Waals surface area contributed by atoms with Crippen molar-refractivity contribution in [2.24, 2.45) is 0 Å². The normalized spacial score (nSPS) is 21.1. The van der Waals surface area contributed by atoms with Crippen molar-refractivity contribution in [3.05, 3.63) is 45.9 Å². The number of carbonyl (C=O) groups is 1. The Kier molecular flexibility index (Phi) is 4.03. The van der Waals surface area contributed by atoms with E-state index in [0.717, 1.165) is 23.1 Å². The second kappa shape index (κ2) is 5.93. The number of rotatable bonds is 4. The predicted molar refractivity (Wildman–Crippen MR) is 81.2 cm³/mol. The van der Waals surface area contributed by atoms with Crippen LogP contribution in [0.5, 0.6) is 5.75 Å². The second-order valence-electron chi connectivity index (χ2n) is 4.71. The van der Waals surface area contributed by atoms with Gasteiger partial charge in [-0.25, -0.2) is 0 Å². The summed E-state index contributed by atoms with van der Waals surface area (Å²) in [6.07, 6.45) is 1.85. The van der Waals surface area contributed by atoms with Gasteiger partial charge in [0, 0.05) is 24.3 Å². The Morgan fingerprint density at radius 3 is 2.75 bits per heavy atom. The third kappa shape index (κ3) is 3.02. The minimum absolute atomic E-state index is 0.124. The first kappa shape index (κ1) is 13.6. The molecule has 1 heterocycles. The number of hydrogen-bond acceptors (Lipinski definition) is 4. The summed E-state index contributed by atoms with van der Waals surface area (Å²) in [6.45, 7) is 0. The van der Waals surface area contributed by atoms with E-state index in [-0.39, 0.29) is 18.1 Å². The molecule has 0 aliphatic heterocycles. The molecule has 1 fully saturated rings. The molecule has 0 radical (unpaired) electrons. The fourth-order valence-electron chi connectivity index (χ4n) is 2.10. The zero-order valence-electron chi connectivity index (χ0n) is 10.6. The molecule has 4 nitrogen and oxygen atoms in total. The largest absolute Gasteiger partial charge is 0.490 e. The van der Waals surface area contributed by atoms with Gasteiger partial charge in [-0.3, -0.25) is 4.79 Å². The average Bonchev–Trinajstić information content (AvgIpc) is 2.83. The Morgan fingerprint density at radius 2 is 2.10 bits per heavy atom. The fourth-order valence-corrected chi connectivity index (χ4v) is 3.28. The molecule has 104 valence electrons. The molecule has 0 bridgehead atoms. The highest BCUT2D eigenvalue weighted by molar-refractivity contribution is 9.10. The van der Waals surface area contributed by atoms with E-state index >= 15 is 0 Å². The molecule has 1 aliphatic carbocycles. The van der Waals surface area contributed by atoms with Crippen molar-refractivity contribution in [1.29, 1.82) is 0 Å². The number of ether oxygens (including phenoxy) is 1. The van der Waals surface area contributed by atoms with Crippen molar-refractivity contribution in [2.75, 3.05) is 0 Å². The monoisotopic (exact) mass is 352 g/mol. The maximum absolute atomic E-state index is 12.0. The fraction of sp³-hybridized carbons (Fsp3) is 0.286. The topological polar surface area (TPSA) is 51.2 Å². The Bertz CT molecular complexity index is 596. The molecule has 1 saturated carbocycles. The lowest BCUT2D eigenvalue weighted by atomic mass is 9.89. The van der Waals surface area contributed by atoms with Crippen molar-refractivity contribution < 1.29 is 9.53 Å². The number of nitrogens with one attached hydrogen (secondary N) is 1. The third-order valence-corrected chi connectivity index (χ3v) is 4.75. The van der Waals surface area contributed by atoms with Crippen LogP contribution < -0.4 is 10.1 Å². The van der Waals surface area contributed by atoms with Crippen molar-refractivity contribution in [2.45, 2.75) is 25.0 Å². The Morgan fingerprint density at radius 1 is 1.35 bits per heavy atom. The predicted octanol–water partition coefficient (Wildman–Crippen LogP) is 3.25. The van der Waals surface area contributed by atoms with E-state index in [9.17, 15) is 4.79 Å². The summed E-state index contributed by atoms with van der Waals surface area (Å²) in [6, 6.07) is 9.92. The summed E-state index contributed by atoms with van der Waals surface area (Å²) in [5, 5.41) is 4.77. The Balaban J connectivity index is 1.47. The molecule has 0 atom stereocenters. The summed E-state index contributed by atoms with van der Waals surface area (Å²) >= 11 is 4.58. The highest BCUT2D eigenvalue weighted by atomic mass is 79.9. The number of nitrogens with zero attached hydrogens (tertiary/aromatic N) is 1. The summed E-state index contributed by atoms with van der Waals surface area (Å²) in [5.74, 6) is 0.755. The van der Waals surface area contributed by atoms with Crippen molar-refractivity contribution >= 4 is 33.4 Å². The summed E-state index contributed by atoms with van der Waals surface area (Å²) in [7, 11) is 0. The van der Waals surface area contributed by atoms with Crippen molar-refractivity contribution in [3.63, 3.8) is 0 Å². The van der Waals surface area contributed by atoms with Crippen LogP contribution in [-0.4, -0.2) is 22.4 Å². The first-order valence-electron chi connectivity index (χ1n) is 6.35. The Hall–Kier alpha value is -1.40. The van der Waals surface area contributed by atoms with Gasteiger partial charge in [-0.05, 0) is 39.6 Å². The molecule has 20 heavy (non-hydrogen) atoms. The number of hydrogen-bond donors (Lipinski definition) is 1. The van der Waals surface area contributed by atoms with E-state index in [1.165, 1.54) is 11.5 Å². The van der Waals surface area contributed by atoms with Gasteiger partial charge in [0.2, 0.25) is 0 Å². The van der Waals surface area contributed by atoms with E-state index < -0.39 is 0 Å². The summed E-state index contributed by atoms with van der Waals surface area (Å²) in [5.41, 5.74) is 0.461. The van der Waals surface area contributed by atoms with E-state index in [2.05, 4.69) is 25.6 Å². The molecule has 3 rings (SSSR count). The van der Waals surface area contributed by atoms with E-state index in [0.29, 0.717) is 5.69 Å². The summed E-state index contributed by atoms with van der Waals surface area (Å²) < 4.78 is 10.6. The van der Waals surface area contributed by atoms with Gasteiger partial charge in [-0.1, -0.05) is 18.2 Å². The lowest BCUT2D eigenvalue weighted by molar-refractivity contribution is 0.0698. The molecule has 1 aliphatic rings. The average molecular weight is 353 g/mol. The van der Waals surface area contributed by atoms with Gasteiger partial charge in [-0.15, -0.1) is 0 Å². The van der Waals surface area contributed by atoms with Gasteiger partial charge in [-0.2, -0.15) is 4.37 Å². The van der Waals surface area contributed by atoms with Crippen LogP contribution in [-0.2, 0) is 0 Å². The van der Waals surface area contributed by atoms with Gasteiger partial charge in [0.25, 0.3) is 5.91 Å². The molecule has 1 N–H and O–H groups in total. The lowest BCUT2D eigenvalue weighted by Gasteiger charge is -2.35. The maximum Gasteiger partial charge on any atom is 0.272 e. The highest BCUT2D eigenvalue weighted by Crippen LogP contribution is 2.26. The lowest BCUT2D eigenvalue weighted by Crippen LogP contribution is -2.49. The van der Waals surface area contributed by atoms with Crippen molar-refractivity contribution in [1.82, 2.24) is 9.69 Å². The zero-order chi connectivity index (χ0) is 13.9. The first-order chi connectivity index (χ1) is 9.72. The molecule has 2 aromatic rings. The van der Waals surface area contributed by atoms with Crippen LogP contribution in [0.2, 0.25) is 0 Å². The molecule has 0 saturated heterocycles. The van der Waals surface area contributed by atoms with Crippen molar-refractivity contribution in [3.8, 4) is 5.75 Å². The number of amides is 1. The van der Waals surface area contributed by atoms with E-state index in [1.54, 1.807) is 5.38 Å². The van der Waals surface area contributed by atoms with Crippen LogP contribution in [0.3, 0.4) is 0 Å². The number of aromatic nitrogens is 1. The van der Waals surface area contributed by atoms with Gasteiger partial charge >= 0.3 is 0 Å². The van der Waals surface area contributed by atoms with Crippen LogP contribution in [0.15, 0.2) is 40.2 Å². The van der Waals surface area contributed by atoms with Gasteiger partial charge in [0.05, 0.1) is 4.47 Å². The third-order valence-electron chi connectivity index (χ3n) is 3.22. The zero-order valence-corrected chi connectivity index (χ0v) is 13.0. The smallest absolute Gasteiger partial charge is 0.272 e. The molecular formula is C14H13BrN2O2S. The molecule has 6 heteroatoms. The Labute approximate surface area is 129 Å². The van der Waals surface area contributed by atoms with Crippen LogP contribution >= 0.6 is 27.5 Å². The molecular weight excluding hydrogens is 340 g/mol. The summed E-state index contributed by atoms with van der Waals surface area (Å²) in [4.78, 5) is 12.0. The van der Waals surface area contributed by atoms with Crippen LogP contribution in [0, 0.1) is 0 Å². The number of benzene rings is 1. The highest BCUT2D eigenvalue weighted by Gasteiger charge is 2.32. The molecule has 0 spiro atoms. The van der Waals surface area contributed by atoms with Crippen LogP contribution in [0.1, 0.15) is 23.3 Å². The molecule has 1 aromatic heterocycles. The van der Waals surface area contributed by atoms with Gasteiger partial charge < -0.3 is 10.1 Å². The minimum Gasteiger partial charge on any atom is -0.490 e. The SMILES string of the molecule is O=C(NC1CC(Oc2ccccc2)C1)c1nscc1Br. The van der Waals surface area contributed by atoms with Crippen LogP contribution in [0.25, 0.3) is 0 Å². The number of halogens is 1. The second-order valence-corrected chi connectivity index (χ2v) is 6.19. The molecule has 1 amide bonds.